The zero-order valence-electron chi connectivity index (χ0n) is 17.0. The van der Waals surface area contributed by atoms with Gasteiger partial charge in [0.05, 0.1) is 16.2 Å². The molecule has 0 unspecified atom stereocenters. The van der Waals surface area contributed by atoms with E-state index in [1.54, 1.807) is 19.1 Å². The van der Waals surface area contributed by atoms with E-state index >= 15 is 0 Å². The number of piperidine rings is 1. The van der Waals surface area contributed by atoms with Crippen LogP contribution < -0.4 is 5.32 Å². The summed E-state index contributed by atoms with van der Waals surface area (Å²) >= 11 is 0. The van der Waals surface area contributed by atoms with Gasteiger partial charge in [-0.1, -0.05) is 48.5 Å². The van der Waals surface area contributed by atoms with Crippen LogP contribution in [0.3, 0.4) is 0 Å². The van der Waals surface area contributed by atoms with Crippen molar-refractivity contribution >= 4 is 28.1 Å². The van der Waals surface area contributed by atoms with Crippen molar-refractivity contribution in [1.82, 2.24) is 4.90 Å². The molecule has 6 heteroatoms. The molecule has 0 bridgehead atoms. The number of nitrogens with zero attached hydrogens (tertiary/aromatic N) is 2. The lowest BCUT2D eigenvalue weighted by atomic mass is 9.94. The van der Waals surface area contributed by atoms with Gasteiger partial charge >= 0.3 is 0 Å². The second-order valence-corrected chi connectivity index (χ2v) is 7.88. The molecule has 1 aliphatic heterocycles. The standard InChI is InChI=1S/C24H25N3O3/c1-17-22(10-5-11-23(17)27(29)30)25-24(28)19-12-14-26(15-13-19)16-20-8-4-7-18-6-2-3-9-21(18)20/h2-11,19H,12-16H2,1H3,(H,25,28). The molecule has 0 aromatic heterocycles. The van der Waals surface area contributed by atoms with Gasteiger partial charge < -0.3 is 5.32 Å². The van der Waals surface area contributed by atoms with Crippen LogP contribution in [0.4, 0.5) is 11.4 Å². The molecule has 0 saturated carbocycles. The van der Waals surface area contributed by atoms with Crippen LogP contribution in [0.1, 0.15) is 24.0 Å². The molecule has 0 aliphatic carbocycles. The minimum Gasteiger partial charge on any atom is -0.325 e. The van der Waals surface area contributed by atoms with E-state index in [9.17, 15) is 14.9 Å². The molecule has 4 rings (SSSR count). The first-order valence-electron chi connectivity index (χ1n) is 10.3. The molecule has 3 aromatic rings. The van der Waals surface area contributed by atoms with E-state index in [1.807, 2.05) is 0 Å². The van der Waals surface area contributed by atoms with Crippen LogP contribution in [0.25, 0.3) is 10.8 Å². The van der Waals surface area contributed by atoms with E-state index in [2.05, 4.69) is 52.7 Å². The summed E-state index contributed by atoms with van der Waals surface area (Å²) in [6, 6.07) is 19.6. The molecule has 0 spiro atoms. The zero-order chi connectivity index (χ0) is 21.1. The van der Waals surface area contributed by atoms with E-state index in [0.717, 1.165) is 32.5 Å². The number of nitrogens with one attached hydrogen (secondary N) is 1. The van der Waals surface area contributed by atoms with E-state index < -0.39 is 4.92 Å². The number of likely N-dealkylation sites (tertiary alicyclic amines) is 1. The molecule has 1 N–H and O–H groups in total. The molecule has 30 heavy (non-hydrogen) atoms. The van der Waals surface area contributed by atoms with Gasteiger partial charge in [-0.3, -0.25) is 19.8 Å². The maximum Gasteiger partial charge on any atom is 0.274 e. The number of nitro benzene ring substituents is 1. The van der Waals surface area contributed by atoms with Gasteiger partial charge in [0.1, 0.15) is 0 Å². The Hall–Kier alpha value is -3.25. The Bertz CT molecular complexity index is 1080. The Labute approximate surface area is 175 Å². The summed E-state index contributed by atoms with van der Waals surface area (Å²) < 4.78 is 0. The molecule has 1 amide bonds. The van der Waals surface area contributed by atoms with E-state index in [1.165, 1.54) is 22.4 Å². The van der Waals surface area contributed by atoms with Crippen molar-refractivity contribution in [3.05, 3.63) is 81.9 Å². The molecular formula is C24H25N3O3. The second kappa shape index (κ2) is 8.63. The van der Waals surface area contributed by atoms with Crippen molar-refractivity contribution < 1.29 is 9.72 Å². The molecule has 1 heterocycles. The van der Waals surface area contributed by atoms with Gasteiger partial charge in [-0.25, -0.2) is 0 Å². The van der Waals surface area contributed by atoms with Gasteiger partial charge in [0, 0.05) is 18.5 Å². The van der Waals surface area contributed by atoms with Crippen LogP contribution in [-0.2, 0) is 11.3 Å². The first-order chi connectivity index (χ1) is 14.5. The summed E-state index contributed by atoms with van der Waals surface area (Å²) in [5.74, 6) is -0.129. The smallest absolute Gasteiger partial charge is 0.274 e. The summed E-state index contributed by atoms with van der Waals surface area (Å²) in [6.07, 6.45) is 1.56. The predicted molar refractivity (Wildman–Crippen MR) is 118 cm³/mol. The van der Waals surface area contributed by atoms with Crippen molar-refractivity contribution in [1.29, 1.82) is 0 Å². The highest BCUT2D eigenvalue weighted by Gasteiger charge is 2.26. The average Bonchev–Trinajstić information content (AvgIpc) is 2.76. The maximum atomic E-state index is 12.7. The largest absolute Gasteiger partial charge is 0.325 e. The van der Waals surface area contributed by atoms with Crippen LogP contribution in [-0.4, -0.2) is 28.8 Å². The van der Waals surface area contributed by atoms with Gasteiger partial charge in [-0.2, -0.15) is 0 Å². The predicted octanol–water partition coefficient (Wildman–Crippen LogP) is 4.91. The summed E-state index contributed by atoms with van der Waals surface area (Å²) in [5.41, 5.74) is 2.34. The van der Waals surface area contributed by atoms with Crippen LogP contribution >= 0.6 is 0 Å². The lowest BCUT2D eigenvalue weighted by Crippen LogP contribution is -2.37. The number of hydrogen-bond acceptors (Lipinski definition) is 4. The second-order valence-electron chi connectivity index (χ2n) is 7.88. The number of hydrogen-bond donors (Lipinski definition) is 1. The molecule has 1 saturated heterocycles. The highest BCUT2D eigenvalue weighted by atomic mass is 16.6. The first kappa shape index (κ1) is 20.0. The summed E-state index contributed by atoms with van der Waals surface area (Å²) in [4.78, 5) is 25.8. The third kappa shape index (κ3) is 4.19. The fourth-order valence-corrected chi connectivity index (χ4v) is 4.22. The summed E-state index contributed by atoms with van der Waals surface area (Å²) in [7, 11) is 0. The number of nitro groups is 1. The van der Waals surface area contributed by atoms with E-state index in [-0.39, 0.29) is 17.5 Å². The third-order valence-electron chi connectivity index (χ3n) is 5.99. The maximum absolute atomic E-state index is 12.7. The van der Waals surface area contributed by atoms with Gasteiger partial charge in [-0.05, 0) is 55.3 Å². The minimum absolute atomic E-state index is 0.0257. The number of carbonyl (C=O) groups is 1. The SMILES string of the molecule is Cc1c(NC(=O)C2CCN(Cc3cccc4ccccc34)CC2)cccc1[N+](=O)[O-]. The van der Waals surface area contributed by atoms with Gasteiger partial charge in [0.2, 0.25) is 5.91 Å². The lowest BCUT2D eigenvalue weighted by molar-refractivity contribution is -0.385. The highest BCUT2D eigenvalue weighted by Crippen LogP contribution is 2.28. The summed E-state index contributed by atoms with van der Waals surface area (Å²) in [6.45, 7) is 4.25. The Balaban J connectivity index is 1.37. The quantitative estimate of drug-likeness (QED) is 0.485. The molecular weight excluding hydrogens is 378 g/mol. The van der Waals surface area contributed by atoms with Crippen LogP contribution in [0.5, 0.6) is 0 Å². The number of benzene rings is 3. The van der Waals surface area contributed by atoms with Crippen molar-refractivity contribution in [2.45, 2.75) is 26.3 Å². The molecule has 0 radical (unpaired) electrons. The molecule has 6 nitrogen and oxygen atoms in total. The molecule has 1 fully saturated rings. The topological polar surface area (TPSA) is 75.5 Å². The first-order valence-corrected chi connectivity index (χ1v) is 10.3. The molecule has 1 aliphatic rings. The van der Waals surface area contributed by atoms with Crippen LogP contribution in [0.15, 0.2) is 60.7 Å². The highest BCUT2D eigenvalue weighted by molar-refractivity contribution is 5.93. The fourth-order valence-electron chi connectivity index (χ4n) is 4.22. The van der Waals surface area contributed by atoms with Gasteiger partial charge in [-0.15, -0.1) is 0 Å². The Kier molecular flexibility index (Phi) is 5.77. The van der Waals surface area contributed by atoms with Crippen molar-refractivity contribution in [2.24, 2.45) is 5.92 Å². The van der Waals surface area contributed by atoms with Crippen molar-refractivity contribution in [3.8, 4) is 0 Å². The Morgan fingerprint density at radius 1 is 1.07 bits per heavy atom. The van der Waals surface area contributed by atoms with Gasteiger partial charge in [0.25, 0.3) is 5.69 Å². The number of amides is 1. The van der Waals surface area contributed by atoms with Crippen LogP contribution in [0.2, 0.25) is 0 Å². The number of fused-ring (bicyclic) bond motifs is 1. The van der Waals surface area contributed by atoms with Crippen molar-refractivity contribution in [2.75, 3.05) is 18.4 Å². The average molecular weight is 403 g/mol. The van der Waals surface area contributed by atoms with E-state index in [4.69, 9.17) is 0 Å². The van der Waals surface area contributed by atoms with Crippen LogP contribution in [0, 0.1) is 23.0 Å². The molecule has 0 atom stereocenters. The normalized spacial score (nSPS) is 15.2. The molecule has 3 aromatic carbocycles. The number of rotatable bonds is 5. The lowest BCUT2D eigenvalue weighted by Gasteiger charge is -2.31. The Morgan fingerprint density at radius 3 is 2.53 bits per heavy atom. The number of carbonyl (C=O) groups excluding carboxylic acids is 1. The molecule has 154 valence electrons. The monoisotopic (exact) mass is 403 g/mol. The third-order valence-corrected chi connectivity index (χ3v) is 5.99. The minimum atomic E-state index is -0.420. The van der Waals surface area contributed by atoms with Crippen molar-refractivity contribution in [3.63, 3.8) is 0 Å². The van der Waals surface area contributed by atoms with E-state index in [0.29, 0.717) is 11.3 Å². The fraction of sp³-hybridized carbons (Fsp3) is 0.292. The zero-order valence-corrected chi connectivity index (χ0v) is 17.0. The summed E-state index contributed by atoms with van der Waals surface area (Å²) in [5, 5.41) is 16.5. The Morgan fingerprint density at radius 2 is 1.77 bits per heavy atom. The number of anilines is 1. The van der Waals surface area contributed by atoms with Gasteiger partial charge in [0.15, 0.2) is 0 Å².